The first kappa shape index (κ1) is 20.3. The van der Waals surface area contributed by atoms with E-state index in [2.05, 4.69) is 39.7 Å². The Labute approximate surface area is 171 Å². The largest absolute Gasteiger partial charge is 0.497 e. The molecule has 0 spiro atoms. The fourth-order valence-corrected chi connectivity index (χ4v) is 3.01. The molecule has 6 nitrogen and oxygen atoms in total. The maximum Gasteiger partial charge on any atom is 0.270 e. The highest BCUT2D eigenvalue weighted by atomic mass is 16.5. The Morgan fingerprint density at radius 1 is 1.00 bits per heavy atom. The second-order valence-electron chi connectivity index (χ2n) is 6.92. The third-order valence-electron chi connectivity index (χ3n) is 4.45. The molecule has 0 saturated carbocycles. The molecule has 0 radical (unpaired) electrons. The molecule has 0 aliphatic carbocycles. The lowest BCUT2D eigenvalue weighted by molar-refractivity contribution is 0.0949. The quantitative estimate of drug-likeness (QED) is 0.614. The Hall–Kier alpha value is -3.41. The van der Waals surface area contributed by atoms with Crippen LogP contribution in [0.25, 0.3) is 0 Å². The van der Waals surface area contributed by atoms with Gasteiger partial charge >= 0.3 is 0 Å². The zero-order valence-corrected chi connectivity index (χ0v) is 17.0. The molecule has 0 aliphatic heterocycles. The molecule has 150 valence electrons. The van der Waals surface area contributed by atoms with E-state index < -0.39 is 0 Å². The average molecular weight is 390 g/mol. The summed E-state index contributed by atoms with van der Waals surface area (Å²) in [5.41, 5.74) is 4.54. The van der Waals surface area contributed by atoms with Crippen LogP contribution in [0.5, 0.6) is 5.75 Å². The number of hydrogen-bond donors (Lipinski definition) is 2. The van der Waals surface area contributed by atoms with E-state index in [0.29, 0.717) is 31.2 Å². The second kappa shape index (κ2) is 9.68. The lowest BCUT2D eigenvalue weighted by Crippen LogP contribution is -2.27. The number of amides is 1. The number of nitrogens with zero attached hydrogens (tertiary/aromatic N) is 2. The summed E-state index contributed by atoms with van der Waals surface area (Å²) >= 11 is 0. The number of carbonyl (C=O) groups excluding carboxylic acids is 1. The highest BCUT2D eigenvalue weighted by molar-refractivity contribution is 5.92. The topological polar surface area (TPSA) is 76.1 Å². The monoisotopic (exact) mass is 390 g/mol. The number of benzene rings is 2. The maximum atomic E-state index is 12.5. The van der Waals surface area contributed by atoms with Gasteiger partial charge in [0.1, 0.15) is 11.4 Å². The molecule has 0 aliphatic rings. The summed E-state index contributed by atoms with van der Waals surface area (Å²) in [6.07, 6.45) is 0.714. The number of aromatic nitrogens is 2. The molecule has 1 aromatic heterocycles. The number of nitrogens with one attached hydrogen (secondary N) is 2. The molecule has 0 atom stereocenters. The van der Waals surface area contributed by atoms with Crippen LogP contribution in [0.1, 0.15) is 32.9 Å². The van der Waals surface area contributed by atoms with Gasteiger partial charge in [-0.2, -0.15) is 0 Å². The van der Waals surface area contributed by atoms with E-state index in [4.69, 9.17) is 4.74 Å². The molecule has 0 bridgehead atoms. The Morgan fingerprint density at radius 3 is 2.59 bits per heavy atom. The Bertz CT molecular complexity index is 988. The zero-order valence-electron chi connectivity index (χ0n) is 17.0. The molecule has 1 heterocycles. The lowest BCUT2D eigenvalue weighted by atomic mass is 10.1. The van der Waals surface area contributed by atoms with Crippen molar-refractivity contribution in [3.63, 3.8) is 0 Å². The first-order valence-corrected chi connectivity index (χ1v) is 9.60. The molecule has 6 heteroatoms. The van der Waals surface area contributed by atoms with Gasteiger partial charge in [0.15, 0.2) is 0 Å². The van der Waals surface area contributed by atoms with Crippen LogP contribution in [-0.2, 0) is 13.0 Å². The van der Waals surface area contributed by atoms with Crippen molar-refractivity contribution in [2.45, 2.75) is 26.8 Å². The minimum atomic E-state index is -0.211. The SMILES string of the molecule is COc1cccc(CCNC(=O)c2cc(C)nc(NCc3cccc(C)c3)n2)c1. The first-order chi connectivity index (χ1) is 14.0. The molecule has 2 aromatic carbocycles. The van der Waals surface area contributed by atoms with E-state index in [1.54, 1.807) is 13.2 Å². The van der Waals surface area contributed by atoms with Crippen LogP contribution in [0.4, 0.5) is 5.95 Å². The molecule has 0 fully saturated rings. The van der Waals surface area contributed by atoms with Crippen LogP contribution in [0.2, 0.25) is 0 Å². The number of hydrogen-bond acceptors (Lipinski definition) is 5. The molecular formula is C23H26N4O2. The number of ether oxygens (including phenoxy) is 1. The van der Waals surface area contributed by atoms with Crippen molar-refractivity contribution in [2.24, 2.45) is 0 Å². The van der Waals surface area contributed by atoms with Gasteiger partial charge in [0, 0.05) is 18.8 Å². The summed E-state index contributed by atoms with van der Waals surface area (Å²) in [4.78, 5) is 21.3. The molecule has 0 unspecified atom stereocenters. The standard InChI is InChI=1S/C23H26N4O2/c1-16-6-4-8-19(12-16)15-25-23-26-17(2)13-21(27-23)22(28)24-11-10-18-7-5-9-20(14-18)29-3/h4-9,12-14H,10-11,15H2,1-3H3,(H,24,28)(H,25,26,27). The number of methoxy groups -OCH3 is 1. The first-order valence-electron chi connectivity index (χ1n) is 9.60. The second-order valence-corrected chi connectivity index (χ2v) is 6.92. The normalized spacial score (nSPS) is 10.4. The van der Waals surface area contributed by atoms with Crippen molar-refractivity contribution in [3.05, 3.63) is 82.7 Å². The molecule has 1 amide bonds. The van der Waals surface area contributed by atoms with E-state index in [0.717, 1.165) is 22.6 Å². The van der Waals surface area contributed by atoms with Gasteiger partial charge in [-0.15, -0.1) is 0 Å². The van der Waals surface area contributed by atoms with E-state index in [9.17, 15) is 4.79 Å². The molecule has 0 saturated heterocycles. The summed E-state index contributed by atoms with van der Waals surface area (Å²) in [5, 5.41) is 6.13. The highest BCUT2D eigenvalue weighted by Gasteiger charge is 2.10. The average Bonchev–Trinajstić information content (AvgIpc) is 2.72. The third kappa shape index (κ3) is 6.04. The highest BCUT2D eigenvalue weighted by Crippen LogP contribution is 2.13. The fraction of sp³-hybridized carbons (Fsp3) is 0.261. The summed E-state index contributed by atoms with van der Waals surface area (Å²) in [7, 11) is 1.64. The number of rotatable bonds is 8. The molecule has 2 N–H and O–H groups in total. The molecule has 3 aromatic rings. The van der Waals surface area contributed by atoms with Crippen molar-refractivity contribution in [1.29, 1.82) is 0 Å². The van der Waals surface area contributed by atoms with E-state index in [1.165, 1.54) is 5.56 Å². The van der Waals surface area contributed by atoms with Crippen molar-refractivity contribution < 1.29 is 9.53 Å². The minimum Gasteiger partial charge on any atom is -0.497 e. The molecular weight excluding hydrogens is 364 g/mol. The van der Waals surface area contributed by atoms with Gasteiger partial charge in [-0.25, -0.2) is 9.97 Å². The van der Waals surface area contributed by atoms with Crippen LogP contribution in [0.3, 0.4) is 0 Å². The van der Waals surface area contributed by atoms with Crippen LogP contribution < -0.4 is 15.4 Å². The zero-order chi connectivity index (χ0) is 20.6. The van der Waals surface area contributed by atoms with Gasteiger partial charge in [-0.3, -0.25) is 4.79 Å². The maximum absolute atomic E-state index is 12.5. The van der Waals surface area contributed by atoms with Gasteiger partial charge in [-0.05, 0) is 49.6 Å². The van der Waals surface area contributed by atoms with Crippen LogP contribution in [0.15, 0.2) is 54.6 Å². The summed E-state index contributed by atoms with van der Waals surface area (Å²) in [5.74, 6) is 1.05. The number of anilines is 1. The van der Waals surface area contributed by atoms with Crippen molar-refractivity contribution >= 4 is 11.9 Å². The lowest BCUT2D eigenvalue weighted by Gasteiger charge is -2.10. The molecule has 3 rings (SSSR count). The molecule has 29 heavy (non-hydrogen) atoms. The Kier molecular flexibility index (Phi) is 6.79. The van der Waals surface area contributed by atoms with E-state index in [1.807, 2.05) is 43.3 Å². The predicted molar refractivity (Wildman–Crippen MR) is 114 cm³/mol. The summed E-state index contributed by atoms with van der Waals surface area (Å²) < 4.78 is 5.23. The predicted octanol–water partition coefficient (Wildman–Crippen LogP) is 3.69. The van der Waals surface area contributed by atoms with Crippen LogP contribution in [-0.4, -0.2) is 29.5 Å². The number of carbonyl (C=O) groups is 1. The van der Waals surface area contributed by atoms with E-state index in [-0.39, 0.29) is 5.91 Å². The van der Waals surface area contributed by atoms with Gasteiger partial charge in [0.2, 0.25) is 5.95 Å². The third-order valence-corrected chi connectivity index (χ3v) is 4.45. The number of aryl methyl sites for hydroxylation is 2. The summed E-state index contributed by atoms with van der Waals surface area (Å²) in [6, 6.07) is 17.7. The van der Waals surface area contributed by atoms with Crippen LogP contribution >= 0.6 is 0 Å². The smallest absolute Gasteiger partial charge is 0.270 e. The van der Waals surface area contributed by atoms with Crippen molar-refractivity contribution in [1.82, 2.24) is 15.3 Å². The Balaban J connectivity index is 1.58. The fourth-order valence-electron chi connectivity index (χ4n) is 3.01. The van der Waals surface area contributed by atoms with Gasteiger partial charge in [0.25, 0.3) is 5.91 Å². The van der Waals surface area contributed by atoms with E-state index >= 15 is 0 Å². The van der Waals surface area contributed by atoms with Crippen LogP contribution in [0, 0.1) is 13.8 Å². The van der Waals surface area contributed by atoms with Crippen molar-refractivity contribution in [2.75, 3.05) is 19.0 Å². The minimum absolute atomic E-state index is 0.211. The Morgan fingerprint density at radius 2 is 1.79 bits per heavy atom. The van der Waals surface area contributed by atoms with Gasteiger partial charge < -0.3 is 15.4 Å². The summed E-state index contributed by atoms with van der Waals surface area (Å²) in [6.45, 7) is 5.02. The van der Waals surface area contributed by atoms with Crippen molar-refractivity contribution in [3.8, 4) is 5.75 Å². The van der Waals surface area contributed by atoms with Gasteiger partial charge in [-0.1, -0.05) is 42.0 Å². The van der Waals surface area contributed by atoms with Gasteiger partial charge in [0.05, 0.1) is 7.11 Å².